The van der Waals surface area contributed by atoms with E-state index in [2.05, 4.69) is 15.5 Å². The lowest BCUT2D eigenvalue weighted by molar-refractivity contribution is 0.0919. The zero-order chi connectivity index (χ0) is 9.68. The molecule has 1 aromatic heterocycles. The number of carbonyl (C=O) groups excluding carboxylic acids is 1. The lowest BCUT2D eigenvalue weighted by atomic mass is 10.3. The van der Waals surface area contributed by atoms with Gasteiger partial charge in [0.2, 0.25) is 0 Å². The van der Waals surface area contributed by atoms with Gasteiger partial charge in [0.25, 0.3) is 0 Å². The highest BCUT2D eigenvalue weighted by Gasteiger charge is 2.11. The minimum Gasteiger partial charge on any atom is -0.399 e. The Hall–Kier alpha value is -1.59. The second kappa shape index (κ2) is 4.44. The Labute approximate surface area is 75.5 Å². The average Bonchev–Trinajstić information content (AvgIpc) is 2.52. The van der Waals surface area contributed by atoms with Crippen LogP contribution in [0.2, 0.25) is 0 Å². The maximum absolute atomic E-state index is 11.2. The van der Waals surface area contributed by atoms with Crippen LogP contribution >= 0.6 is 0 Å². The van der Waals surface area contributed by atoms with Gasteiger partial charge in [0.05, 0.1) is 0 Å². The standard InChI is InChI=1S/C7H12N4O2/c1-2-3-4-9-5(12)6-10-11-7(8)13-6/h2-4H2,1H3,(H2,8,11)(H,9,12). The van der Waals surface area contributed by atoms with Crippen LogP contribution < -0.4 is 11.1 Å². The third kappa shape index (κ3) is 2.73. The molecule has 72 valence electrons. The fraction of sp³-hybridized carbons (Fsp3) is 0.571. The molecule has 0 aliphatic heterocycles. The number of nitrogens with one attached hydrogen (secondary N) is 1. The number of carbonyl (C=O) groups is 1. The van der Waals surface area contributed by atoms with E-state index >= 15 is 0 Å². The molecule has 1 rings (SSSR count). The van der Waals surface area contributed by atoms with E-state index in [0.29, 0.717) is 6.54 Å². The van der Waals surface area contributed by atoms with Crippen molar-refractivity contribution in [3.05, 3.63) is 5.89 Å². The van der Waals surface area contributed by atoms with E-state index in [9.17, 15) is 4.79 Å². The highest BCUT2D eigenvalue weighted by molar-refractivity contribution is 5.89. The number of hydrogen-bond donors (Lipinski definition) is 2. The second-order valence-corrected chi connectivity index (χ2v) is 2.55. The average molecular weight is 184 g/mol. The maximum Gasteiger partial charge on any atom is 0.313 e. The smallest absolute Gasteiger partial charge is 0.313 e. The molecule has 0 aromatic carbocycles. The van der Waals surface area contributed by atoms with Gasteiger partial charge in [0.15, 0.2) is 0 Å². The Morgan fingerprint density at radius 3 is 2.92 bits per heavy atom. The molecule has 1 amide bonds. The van der Waals surface area contributed by atoms with Gasteiger partial charge in [0, 0.05) is 6.54 Å². The molecule has 0 bridgehead atoms. The summed E-state index contributed by atoms with van der Waals surface area (Å²) in [6, 6.07) is -0.0966. The minimum atomic E-state index is -0.377. The zero-order valence-electron chi connectivity index (χ0n) is 7.41. The quantitative estimate of drug-likeness (QED) is 0.651. The highest BCUT2D eigenvalue weighted by Crippen LogP contribution is 1.99. The fourth-order valence-corrected chi connectivity index (χ4v) is 0.781. The van der Waals surface area contributed by atoms with E-state index in [4.69, 9.17) is 10.2 Å². The Morgan fingerprint density at radius 2 is 2.38 bits per heavy atom. The van der Waals surface area contributed by atoms with Gasteiger partial charge in [-0.25, -0.2) is 0 Å². The molecule has 0 radical (unpaired) electrons. The molecule has 6 nitrogen and oxygen atoms in total. The first-order valence-corrected chi connectivity index (χ1v) is 4.11. The van der Waals surface area contributed by atoms with Gasteiger partial charge in [-0.15, -0.1) is 5.10 Å². The van der Waals surface area contributed by atoms with Gasteiger partial charge in [-0.05, 0) is 6.42 Å². The largest absolute Gasteiger partial charge is 0.399 e. The summed E-state index contributed by atoms with van der Waals surface area (Å²) in [4.78, 5) is 11.2. The Morgan fingerprint density at radius 1 is 1.62 bits per heavy atom. The molecule has 0 spiro atoms. The van der Waals surface area contributed by atoms with Crippen molar-refractivity contribution >= 4 is 11.9 Å². The first kappa shape index (κ1) is 9.50. The van der Waals surface area contributed by atoms with Crippen molar-refractivity contribution in [2.45, 2.75) is 19.8 Å². The predicted octanol–water partition coefficient (Wildman–Crippen LogP) is 0.182. The van der Waals surface area contributed by atoms with Crippen molar-refractivity contribution in [3.8, 4) is 0 Å². The van der Waals surface area contributed by atoms with Crippen LogP contribution in [0.4, 0.5) is 6.01 Å². The maximum atomic E-state index is 11.2. The molecule has 0 saturated heterocycles. The van der Waals surface area contributed by atoms with Gasteiger partial charge in [-0.2, -0.15) is 0 Å². The van der Waals surface area contributed by atoms with E-state index in [-0.39, 0.29) is 17.8 Å². The molecule has 0 unspecified atom stereocenters. The van der Waals surface area contributed by atoms with Gasteiger partial charge < -0.3 is 15.5 Å². The van der Waals surface area contributed by atoms with Gasteiger partial charge in [-0.3, -0.25) is 4.79 Å². The molecule has 0 fully saturated rings. The molecule has 3 N–H and O–H groups in total. The molecule has 1 aromatic rings. The SMILES string of the molecule is CCCCNC(=O)c1nnc(N)o1. The number of nitrogens with two attached hydrogens (primary N) is 1. The third-order valence-corrected chi connectivity index (χ3v) is 1.45. The number of rotatable bonds is 4. The molecule has 0 aliphatic rings. The Kier molecular flexibility index (Phi) is 3.24. The van der Waals surface area contributed by atoms with E-state index < -0.39 is 0 Å². The number of nitrogen functional groups attached to an aromatic ring is 1. The lowest BCUT2D eigenvalue weighted by Gasteiger charge is -1.98. The van der Waals surface area contributed by atoms with Crippen LogP contribution in [0.25, 0.3) is 0 Å². The van der Waals surface area contributed by atoms with Crippen LogP contribution in [0.3, 0.4) is 0 Å². The molecule has 6 heteroatoms. The number of aromatic nitrogens is 2. The van der Waals surface area contributed by atoms with E-state index in [1.54, 1.807) is 0 Å². The summed E-state index contributed by atoms with van der Waals surface area (Å²) in [5.41, 5.74) is 5.15. The van der Waals surface area contributed by atoms with Crippen molar-refractivity contribution in [3.63, 3.8) is 0 Å². The van der Waals surface area contributed by atoms with Crippen LogP contribution in [0.15, 0.2) is 4.42 Å². The zero-order valence-corrected chi connectivity index (χ0v) is 7.41. The van der Waals surface area contributed by atoms with Crippen molar-refractivity contribution in [1.82, 2.24) is 15.5 Å². The first-order chi connectivity index (χ1) is 6.24. The molecule has 13 heavy (non-hydrogen) atoms. The van der Waals surface area contributed by atoms with E-state index in [0.717, 1.165) is 12.8 Å². The van der Waals surface area contributed by atoms with E-state index in [1.807, 2.05) is 6.92 Å². The number of hydrogen-bond acceptors (Lipinski definition) is 5. The molecule has 0 atom stereocenters. The molecule has 0 saturated carbocycles. The minimum absolute atomic E-state index is 0.0893. The van der Waals surface area contributed by atoms with E-state index in [1.165, 1.54) is 0 Å². The van der Waals surface area contributed by atoms with Crippen LogP contribution in [-0.4, -0.2) is 22.6 Å². The van der Waals surface area contributed by atoms with Crippen molar-refractivity contribution in [2.24, 2.45) is 0 Å². The lowest BCUT2D eigenvalue weighted by Crippen LogP contribution is -2.24. The fourth-order valence-electron chi connectivity index (χ4n) is 0.781. The van der Waals surface area contributed by atoms with Crippen LogP contribution in [0.1, 0.15) is 30.5 Å². The van der Waals surface area contributed by atoms with Crippen molar-refractivity contribution in [2.75, 3.05) is 12.3 Å². The molecule has 1 heterocycles. The van der Waals surface area contributed by atoms with Crippen LogP contribution in [-0.2, 0) is 0 Å². The van der Waals surface area contributed by atoms with Crippen LogP contribution in [0.5, 0.6) is 0 Å². The van der Waals surface area contributed by atoms with Gasteiger partial charge in [0.1, 0.15) is 0 Å². The number of unbranched alkanes of at least 4 members (excludes halogenated alkanes) is 1. The third-order valence-electron chi connectivity index (χ3n) is 1.45. The summed E-state index contributed by atoms with van der Waals surface area (Å²) in [7, 11) is 0. The topological polar surface area (TPSA) is 94.0 Å². The van der Waals surface area contributed by atoms with Gasteiger partial charge >= 0.3 is 17.8 Å². The summed E-state index contributed by atoms with van der Waals surface area (Å²) in [6.45, 7) is 2.65. The monoisotopic (exact) mass is 184 g/mol. The molecular weight excluding hydrogens is 172 g/mol. The van der Waals surface area contributed by atoms with Gasteiger partial charge in [-0.1, -0.05) is 18.4 Å². The molecule has 0 aliphatic carbocycles. The van der Waals surface area contributed by atoms with Crippen molar-refractivity contribution in [1.29, 1.82) is 0 Å². The number of anilines is 1. The normalized spacial score (nSPS) is 9.92. The summed E-state index contributed by atoms with van der Waals surface area (Å²) < 4.78 is 4.72. The predicted molar refractivity (Wildman–Crippen MR) is 46.0 cm³/mol. The summed E-state index contributed by atoms with van der Waals surface area (Å²) in [6.07, 6.45) is 1.95. The van der Waals surface area contributed by atoms with Crippen molar-refractivity contribution < 1.29 is 9.21 Å². The highest BCUT2D eigenvalue weighted by atomic mass is 16.4. The summed E-state index contributed by atoms with van der Waals surface area (Å²) >= 11 is 0. The van der Waals surface area contributed by atoms with Crippen LogP contribution in [0, 0.1) is 0 Å². The Bertz CT molecular complexity index is 284. The summed E-state index contributed by atoms with van der Waals surface area (Å²) in [5, 5.41) is 9.43. The number of nitrogens with zero attached hydrogens (tertiary/aromatic N) is 2. The Balaban J connectivity index is 2.40. The first-order valence-electron chi connectivity index (χ1n) is 4.11. The second-order valence-electron chi connectivity index (χ2n) is 2.55. The number of amides is 1. The molecular formula is C7H12N4O2. The summed E-state index contributed by atoms with van der Waals surface area (Å²) in [5.74, 6) is -0.466.